The first-order valence-electron chi connectivity index (χ1n) is 8.20. The van der Waals surface area contributed by atoms with Crippen LogP contribution in [0, 0.1) is 6.92 Å². The lowest BCUT2D eigenvalue weighted by Gasteiger charge is -2.14. The summed E-state index contributed by atoms with van der Waals surface area (Å²) in [6, 6.07) is 8.81. The molecule has 10 heteroatoms. The van der Waals surface area contributed by atoms with Gasteiger partial charge in [0.2, 0.25) is 0 Å². The van der Waals surface area contributed by atoms with Crippen molar-refractivity contribution in [3.8, 4) is 11.3 Å². The molecule has 29 heavy (non-hydrogen) atoms. The molecule has 0 atom stereocenters. The van der Waals surface area contributed by atoms with Gasteiger partial charge in [0.25, 0.3) is 5.91 Å². The number of nitrogens with zero attached hydrogens (tertiary/aromatic N) is 1. The van der Waals surface area contributed by atoms with Crippen molar-refractivity contribution in [2.45, 2.75) is 18.0 Å². The first-order chi connectivity index (χ1) is 13.4. The van der Waals surface area contributed by atoms with Crippen molar-refractivity contribution < 1.29 is 26.4 Å². The minimum Gasteiger partial charge on any atom is -0.322 e. The first-order valence-corrected chi connectivity index (χ1v) is 11.0. The number of hydrogen-bond acceptors (Lipinski definition) is 5. The highest BCUT2D eigenvalue weighted by molar-refractivity contribution is 7.90. The second-order valence-corrected chi connectivity index (χ2v) is 9.34. The topological polar surface area (TPSA) is 76.1 Å². The Morgan fingerprint density at radius 1 is 1.10 bits per heavy atom. The molecule has 3 aromatic rings. The van der Waals surface area contributed by atoms with Crippen LogP contribution in [0.5, 0.6) is 0 Å². The predicted octanol–water partition coefficient (Wildman–Crippen LogP) is 4.79. The minimum atomic E-state index is -4.89. The van der Waals surface area contributed by atoms with E-state index in [1.54, 1.807) is 24.3 Å². The van der Waals surface area contributed by atoms with Crippen LogP contribution >= 0.6 is 11.3 Å². The predicted molar refractivity (Wildman–Crippen MR) is 105 cm³/mol. The SMILES string of the molecule is Cc1nc(-c2ccc(NC(=O)c3ccc(S(C)(=O)=O)cc3C(F)(F)F)cc2)cs1. The van der Waals surface area contributed by atoms with E-state index in [4.69, 9.17) is 0 Å². The Morgan fingerprint density at radius 2 is 1.76 bits per heavy atom. The number of thiazole rings is 1. The maximum Gasteiger partial charge on any atom is 0.417 e. The van der Waals surface area contributed by atoms with Crippen LogP contribution in [0.4, 0.5) is 18.9 Å². The number of alkyl halides is 3. The summed E-state index contributed by atoms with van der Waals surface area (Å²) in [7, 11) is -3.85. The van der Waals surface area contributed by atoms with Gasteiger partial charge in [-0.2, -0.15) is 13.2 Å². The van der Waals surface area contributed by atoms with Crippen molar-refractivity contribution >= 4 is 32.8 Å². The third kappa shape index (κ3) is 4.83. The number of halogens is 3. The maximum atomic E-state index is 13.4. The molecule has 1 amide bonds. The fourth-order valence-corrected chi connectivity index (χ4v) is 3.87. The molecular formula is C19H15F3N2O3S2. The molecule has 0 radical (unpaired) electrons. The lowest BCUT2D eigenvalue weighted by Crippen LogP contribution is -2.19. The number of benzene rings is 2. The summed E-state index contributed by atoms with van der Waals surface area (Å²) in [5, 5.41) is 5.18. The number of anilines is 1. The summed E-state index contributed by atoms with van der Waals surface area (Å²) in [5.74, 6) is -0.991. The zero-order chi connectivity index (χ0) is 21.4. The van der Waals surface area contributed by atoms with E-state index >= 15 is 0 Å². The Labute approximate surface area is 169 Å². The molecule has 0 aliphatic carbocycles. The van der Waals surface area contributed by atoms with Gasteiger partial charge in [-0.05, 0) is 37.3 Å². The van der Waals surface area contributed by atoms with Gasteiger partial charge in [-0.15, -0.1) is 11.3 Å². The van der Waals surface area contributed by atoms with E-state index in [-0.39, 0.29) is 0 Å². The summed E-state index contributed by atoms with van der Waals surface area (Å²) < 4.78 is 63.3. The van der Waals surface area contributed by atoms with E-state index < -0.39 is 37.9 Å². The van der Waals surface area contributed by atoms with Gasteiger partial charge in [0.1, 0.15) is 0 Å². The molecule has 0 saturated carbocycles. The maximum absolute atomic E-state index is 13.4. The molecule has 2 aromatic carbocycles. The Hall–Kier alpha value is -2.72. The van der Waals surface area contributed by atoms with Crippen LogP contribution in [0.2, 0.25) is 0 Å². The number of sulfone groups is 1. The van der Waals surface area contributed by atoms with E-state index in [0.717, 1.165) is 34.7 Å². The standard InChI is InChI=1S/C19H15F3N2O3S2/c1-11-23-17(10-28-11)12-3-5-13(6-4-12)24-18(25)15-8-7-14(29(2,26)27)9-16(15)19(20,21)22/h3-10H,1-2H3,(H,24,25). The molecule has 1 heterocycles. The van der Waals surface area contributed by atoms with E-state index in [1.807, 2.05) is 12.3 Å². The molecular weight excluding hydrogens is 425 g/mol. The number of rotatable bonds is 4. The van der Waals surface area contributed by atoms with Gasteiger partial charge in [-0.1, -0.05) is 12.1 Å². The average Bonchev–Trinajstić information content (AvgIpc) is 3.06. The normalized spacial score (nSPS) is 12.0. The van der Waals surface area contributed by atoms with Gasteiger partial charge in [0.05, 0.1) is 26.7 Å². The number of aromatic nitrogens is 1. The van der Waals surface area contributed by atoms with Gasteiger partial charge in [0.15, 0.2) is 9.84 Å². The summed E-state index contributed by atoms with van der Waals surface area (Å²) >= 11 is 1.49. The Balaban J connectivity index is 1.88. The van der Waals surface area contributed by atoms with Crippen LogP contribution in [0.1, 0.15) is 20.9 Å². The van der Waals surface area contributed by atoms with Crippen LogP contribution < -0.4 is 5.32 Å². The van der Waals surface area contributed by atoms with Crippen molar-refractivity contribution in [3.05, 3.63) is 64.0 Å². The fourth-order valence-electron chi connectivity index (χ4n) is 2.61. The molecule has 0 aliphatic heterocycles. The molecule has 1 N–H and O–H groups in total. The van der Waals surface area contributed by atoms with Crippen molar-refractivity contribution in [2.24, 2.45) is 0 Å². The number of aryl methyl sites for hydroxylation is 1. The minimum absolute atomic E-state index is 0.297. The smallest absolute Gasteiger partial charge is 0.322 e. The third-order valence-electron chi connectivity index (χ3n) is 4.03. The molecule has 0 aliphatic rings. The molecule has 152 valence electrons. The van der Waals surface area contributed by atoms with Gasteiger partial charge in [0, 0.05) is 22.9 Å². The Morgan fingerprint density at radius 3 is 2.28 bits per heavy atom. The molecule has 0 spiro atoms. The van der Waals surface area contributed by atoms with Gasteiger partial charge < -0.3 is 5.32 Å². The highest BCUT2D eigenvalue weighted by Crippen LogP contribution is 2.34. The second-order valence-electron chi connectivity index (χ2n) is 6.26. The molecule has 0 saturated heterocycles. The molecule has 0 bridgehead atoms. The zero-order valence-corrected chi connectivity index (χ0v) is 16.9. The van der Waals surface area contributed by atoms with E-state index in [2.05, 4.69) is 10.3 Å². The van der Waals surface area contributed by atoms with Crippen molar-refractivity contribution in [3.63, 3.8) is 0 Å². The average molecular weight is 440 g/mol. The summed E-state index contributed by atoms with van der Waals surface area (Å²) in [4.78, 5) is 16.3. The van der Waals surface area contributed by atoms with Crippen molar-refractivity contribution in [2.75, 3.05) is 11.6 Å². The monoisotopic (exact) mass is 440 g/mol. The highest BCUT2D eigenvalue weighted by Gasteiger charge is 2.36. The largest absolute Gasteiger partial charge is 0.417 e. The fraction of sp³-hybridized carbons (Fsp3) is 0.158. The number of carbonyl (C=O) groups is 1. The van der Waals surface area contributed by atoms with E-state index in [0.29, 0.717) is 11.8 Å². The Kier molecular flexibility index (Phi) is 5.50. The van der Waals surface area contributed by atoms with Crippen molar-refractivity contribution in [1.82, 2.24) is 4.98 Å². The lowest BCUT2D eigenvalue weighted by molar-refractivity contribution is -0.138. The second kappa shape index (κ2) is 7.60. The Bertz CT molecular complexity index is 1170. The number of hydrogen-bond donors (Lipinski definition) is 1. The molecule has 0 fully saturated rings. The third-order valence-corrected chi connectivity index (χ3v) is 5.91. The molecule has 0 unspecified atom stereocenters. The van der Waals surface area contributed by atoms with Gasteiger partial charge >= 0.3 is 6.18 Å². The van der Waals surface area contributed by atoms with Crippen LogP contribution in [-0.4, -0.2) is 25.6 Å². The lowest BCUT2D eigenvalue weighted by atomic mass is 10.1. The van der Waals surface area contributed by atoms with Crippen LogP contribution in [0.3, 0.4) is 0 Å². The summed E-state index contributed by atoms with van der Waals surface area (Å²) in [6.07, 6.45) is -4.09. The molecule has 1 aromatic heterocycles. The summed E-state index contributed by atoms with van der Waals surface area (Å²) in [5.41, 5.74) is -0.107. The quantitative estimate of drug-likeness (QED) is 0.633. The molecule has 5 nitrogen and oxygen atoms in total. The zero-order valence-electron chi connectivity index (χ0n) is 15.2. The van der Waals surface area contributed by atoms with E-state index in [9.17, 15) is 26.4 Å². The first kappa shape index (κ1) is 21.0. The number of carbonyl (C=O) groups excluding carboxylic acids is 1. The van der Waals surface area contributed by atoms with E-state index in [1.165, 1.54) is 11.3 Å². The highest BCUT2D eigenvalue weighted by atomic mass is 32.2. The van der Waals surface area contributed by atoms with Crippen LogP contribution in [0.25, 0.3) is 11.3 Å². The van der Waals surface area contributed by atoms with Crippen LogP contribution in [-0.2, 0) is 16.0 Å². The summed E-state index contributed by atoms with van der Waals surface area (Å²) in [6.45, 7) is 1.87. The number of nitrogens with one attached hydrogen (secondary N) is 1. The van der Waals surface area contributed by atoms with Gasteiger partial charge in [-0.3, -0.25) is 4.79 Å². The van der Waals surface area contributed by atoms with Crippen LogP contribution in [0.15, 0.2) is 52.7 Å². The van der Waals surface area contributed by atoms with Crippen molar-refractivity contribution in [1.29, 1.82) is 0 Å². The van der Waals surface area contributed by atoms with Gasteiger partial charge in [-0.25, -0.2) is 13.4 Å². The number of amides is 1. The molecule has 3 rings (SSSR count).